The van der Waals surface area contributed by atoms with E-state index in [0.717, 1.165) is 30.3 Å². The minimum Gasteiger partial charge on any atom is -0.348 e. The molecule has 2 aromatic rings. The lowest BCUT2D eigenvalue weighted by molar-refractivity contribution is 0.0934. The molecule has 1 unspecified atom stereocenters. The fourth-order valence-electron chi connectivity index (χ4n) is 3.85. The van der Waals surface area contributed by atoms with Crippen LogP contribution < -0.4 is 16.7 Å². The molecule has 0 saturated heterocycles. The van der Waals surface area contributed by atoms with Gasteiger partial charge in [-0.25, -0.2) is 4.79 Å². The van der Waals surface area contributed by atoms with E-state index in [0.29, 0.717) is 18.0 Å². The smallest absolute Gasteiger partial charge is 0.326 e. The highest BCUT2D eigenvalue weighted by Crippen LogP contribution is 2.30. The van der Waals surface area contributed by atoms with Gasteiger partial charge in [-0.1, -0.05) is 26.7 Å². The summed E-state index contributed by atoms with van der Waals surface area (Å²) in [6, 6.07) is 5.67. The van der Waals surface area contributed by atoms with E-state index in [2.05, 4.69) is 24.1 Å². The van der Waals surface area contributed by atoms with Crippen molar-refractivity contribution in [3.63, 3.8) is 0 Å². The second-order valence-corrected chi connectivity index (χ2v) is 7.51. The minimum atomic E-state index is -0.146. The van der Waals surface area contributed by atoms with Gasteiger partial charge < -0.3 is 16.0 Å². The number of hydrogen-bond acceptors (Lipinski definition) is 3. The van der Waals surface area contributed by atoms with Crippen LogP contribution in [0.5, 0.6) is 0 Å². The maximum absolute atomic E-state index is 12.5. The summed E-state index contributed by atoms with van der Waals surface area (Å²) >= 11 is 0. The van der Waals surface area contributed by atoms with Crippen LogP contribution >= 0.6 is 0 Å². The number of nitrogens with one attached hydrogen (secondary N) is 2. The molecule has 0 radical (unpaired) electrons. The maximum atomic E-state index is 12.5. The van der Waals surface area contributed by atoms with Gasteiger partial charge in [0.25, 0.3) is 5.91 Å². The molecule has 1 aromatic heterocycles. The van der Waals surface area contributed by atoms with Crippen LogP contribution in [0.15, 0.2) is 23.0 Å². The predicted molar refractivity (Wildman–Crippen MR) is 99.8 cm³/mol. The van der Waals surface area contributed by atoms with Crippen molar-refractivity contribution < 1.29 is 4.79 Å². The average Bonchev–Trinajstić information content (AvgIpc) is 3.19. The summed E-state index contributed by atoms with van der Waals surface area (Å²) in [4.78, 5) is 27.8. The molecule has 1 fully saturated rings. The van der Waals surface area contributed by atoms with E-state index in [1.54, 1.807) is 12.1 Å². The highest BCUT2D eigenvalue weighted by atomic mass is 16.2. The Balaban J connectivity index is 1.84. The lowest BCUT2D eigenvalue weighted by Gasteiger charge is -2.19. The summed E-state index contributed by atoms with van der Waals surface area (Å²) in [6.07, 6.45) is 5.27. The van der Waals surface area contributed by atoms with Crippen LogP contribution in [0.2, 0.25) is 0 Å². The first kappa shape index (κ1) is 17.7. The van der Waals surface area contributed by atoms with Crippen LogP contribution in [0.4, 0.5) is 0 Å². The van der Waals surface area contributed by atoms with E-state index in [1.807, 2.05) is 10.6 Å². The average molecular weight is 344 g/mol. The first-order valence-corrected chi connectivity index (χ1v) is 9.24. The monoisotopic (exact) mass is 344 g/mol. The summed E-state index contributed by atoms with van der Waals surface area (Å²) in [5.74, 6) is 0.320. The largest absolute Gasteiger partial charge is 0.348 e. The number of carbonyl (C=O) groups is 1. The molecule has 1 atom stereocenters. The van der Waals surface area contributed by atoms with E-state index < -0.39 is 0 Å². The Bertz CT molecular complexity index is 799. The lowest BCUT2D eigenvalue weighted by Crippen LogP contribution is -2.41. The summed E-state index contributed by atoms with van der Waals surface area (Å²) in [5, 5.41) is 2.99. The van der Waals surface area contributed by atoms with Gasteiger partial charge in [0.2, 0.25) is 0 Å². The van der Waals surface area contributed by atoms with E-state index >= 15 is 0 Å². The third-order valence-corrected chi connectivity index (χ3v) is 5.04. The zero-order valence-corrected chi connectivity index (χ0v) is 15.0. The fraction of sp³-hybridized carbons (Fsp3) is 0.579. The molecule has 1 amide bonds. The summed E-state index contributed by atoms with van der Waals surface area (Å²) in [6.45, 7) is 4.63. The van der Waals surface area contributed by atoms with Crippen LogP contribution in [0.1, 0.15) is 62.4 Å². The molecule has 1 heterocycles. The molecule has 25 heavy (non-hydrogen) atoms. The number of rotatable bonds is 6. The fourth-order valence-corrected chi connectivity index (χ4v) is 3.85. The van der Waals surface area contributed by atoms with Crippen LogP contribution in [0, 0.1) is 5.92 Å². The lowest BCUT2D eigenvalue weighted by atomic mass is 10.0. The Morgan fingerprint density at radius 3 is 2.72 bits per heavy atom. The molecule has 1 aliphatic carbocycles. The van der Waals surface area contributed by atoms with Gasteiger partial charge in [0.15, 0.2) is 0 Å². The summed E-state index contributed by atoms with van der Waals surface area (Å²) in [5.41, 5.74) is 7.83. The number of carbonyl (C=O) groups excluding carboxylic acids is 1. The van der Waals surface area contributed by atoms with Crippen molar-refractivity contribution in [1.29, 1.82) is 0 Å². The molecule has 1 saturated carbocycles. The van der Waals surface area contributed by atoms with Crippen molar-refractivity contribution in [2.75, 3.05) is 6.54 Å². The van der Waals surface area contributed by atoms with Crippen molar-refractivity contribution in [2.45, 2.75) is 58.0 Å². The third kappa shape index (κ3) is 3.79. The highest BCUT2D eigenvalue weighted by molar-refractivity contribution is 5.97. The van der Waals surface area contributed by atoms with Crippen molar-refractivity contribution in [3.8, 4) is 0 Å². The topological polar surface area (TPSA) is 92.9 Å². The molecular formula is C19H28N4O2. The van der Waals surface area contributed by atoms with Crippen molar-refractivity contribution in [3.05, 3.63) is 34.2 Å². The van der Waals surface area contributed by atoms with Gasteiger partial charge in [0.05, 0.1) is 11.0 Å². The number of aromatic nitrogens is 2. The molecule has 136 valence electrons. The van der Waals surface area contributed by atoms with Crippen molar-refractivity contribution in [2.24, 2.45) is 11.7 Å². The number of fused-ring (bicyclic) bond motifs is 1. The number of aromatic amines is 1. The van der Waals surface area contributed by atoms with Gasteiger partial charge >= 0.3 is 5.69 Å². The SMILES string of the molecule is CC(C)CC(CN)NC(=O)c1ccc2c(c1)[nH]c(=O)n2C1CCCC1. The Morgan fingerprint density at radius 2 is 2.08 bits per heavy atom. The van der Waals surface area contributed by atoms with Crippen molar-refractivity contribution >= 4 is 16.9 Å². The molecule has 6 nitrogen and oxygen atoms in total. The molecule has 3 rings (SSSR count). The first-order chi connectivity index (χ1) is 12.0. The number of hydrogen-bond donors (Lipinski definition) is 3. The van der Waals surface area contributed by atoms with E-state index in [4.69, 9.17) is 5.73 Å². The quantitative estimate of drug-likeness (QED) is 0.752. The Kier molecular flexibility index (Phi) is 5.27. The Morgan fingerprint density at radius 1 is 1.36 bits per heavy atom. The van der Waals surface area contributed by atoms with E-state index in [-0.39, 0.29) is 23.7 Å². The molecular weight excluding hydrogens is 316 g/mol. The molecule has 0 bridgehead atoms. The zero-order valence-electron chi connectivity index (χ0n) is 15.0. The van der Waals surface area contributed by atoms with Gasteiger partial charge in [-0.15, -0.1) is 0 Å². The molecule has 0 aliphatic heterocycles. The van der Waals surface area contributed by atoms with Crippen LogP contribution in [-0.4, -0.2) is 28.0 Å². The Hall–Kier alpha value is -2.08. The number of H-pyrrole nitrogens is 1. The Labute approximate surface area is 147 Å². The van der Waals surface area contributed by atoms with E-state index in [1.165, 1.54) is 12.8 Å². The number of imidazole rings is 1. The zero-order chi connectivity index (χ0) is 18.0. The van der Waals surface area contributed by atoms with Crippen molar-refractivity contribution in [1.82, 2.24) is 14.9 Å². The number of benzene rings is 1. The van der Waals surface area contributed by atoms with Gasteiger partial charge in [-0.3, -0.25) is 9.36 Å². The first-order valence-electron chi connectivity index (χ1n) is 9.24. The minimum absolute atomic E-state index is 0.0367. The standard InChI is InChI=1S/C19H28N4O2/c1-12(2)9-14(11-20)21-18(24)13-7-8-17-16(10-13)22-19(25)23(17)15-5-3-4-6-15/h7-8,10,12,14-15H,3-6,9,11,20H2,1-2H3,(H,21,24)(H,22,25). The predicted octanol–water partition coefficient (Wildman–Crippen LogP) is 2.55. The van der Waals surface area contributed by atoms with Gasteiger partial charge in [0.1, 0.15) is 0 Å². The van der Waals surface area contributed by atoms with Gasteiger partial charge in [-0.2, -0.15) is 0 Å². The highest BCUT2D eigenvalue weighted by Gasteiger charge is 2.22. The summed E-state index contributed by atoms with van der Waals surface area (Å²) in [7, 11) is 0. The molecule has 1 aromatic carbocycles. The van der Waals surface area contributed by atoms with Gasteiger partial charge in [0, 0.05) is 24.2 Å². The summed E-state index contributed by atoms with van der Waals surface area (Å²) < 4.78 is 1.85. The number of nitrogens with two attached hydrogens (primary N) is 1. The molecule has 1 aliphatic rings. The van der Waals surface area contributed by atoms with Crippen LogP contribution in [-0.2, 0) is 0 Å². The maximum Gasteiger partial charge on any atom is 0.326 e. The third-order valence-electron chi connectivity index (χ3n) is 5.04. The number of nitrogens with zero attached hydrogens (tertiary/aromatic N) is 1. The normalized spacial score (nSPS) is 16.6. The van der Waals surface area contributed by atoms with Gasteiger partial charge in [-0.05, 0) is 43.4 Å². The second kappa shape index (κ2) is 7.44. The number of amides is 1. The van der Waals surface area contributed by atoms with Crippen LogP contribution in [0.25, 0.3) is 11.0 Å². The van der Waals surface area contributed by atoms with E-state index in [9.17, 15) is 9.59 Å². The molecule has 6 heteroatoms. The second-order valence-electron chi connectivity index (χ2n) is 7.51. The molecule has 4 N–H and O–H groups in total. The molecule has 0 spiro atoms. The van der Waals surface area contributed by atoms with Crippen LogP contribution in [0.3, 0.4) is 0 Å².